The normalized spacial score (nSPS) is 11.9. The van der Waals surface area contributed by atoms with Crippen molar-refractivity contribution in [1.82, 2.24) is 39.0 Å². The molecule has 11 rings (SSSR count). The Morgan fingerprint density at radius 2 is 0.741 bits per heavy atom. The molecule has 0 saturated carbocycles. The molecule has 0 amide bonds. The molecule has 0 atom stereocenters. The zero-order chi connectivity index (χ0) is 35.9. The first-order valence-electron chi connectivity index (χ1n) is 17.3. The first kappa shape index (κ1) is 30.2. The van der Waals surface area contributed by atoms with Gasteiger partial charge in [-0.25, -0.2) is 18.7 Å². The molecule has 0 radical (unpaired) electrons. The molecule has 6 aromatic heterocycles. The van der Waals surface area contributed by atoms with Crippen LogP contribution >= 0.6 is 0 Å². The highest BCUT2D eigenvalue weighted by atomic mass is 19.1. The van der Waals surface area contributed by atoms with Crippen LogP contribution in [0.1, 0.15) is 0 Å². The van der Waals surface area contributed by atoms with Gasteiger partial charge in [-0.1, -0.05) is 18.2 Å². The highest BCUT2D eigenvalue weighted by molar-refractivity contribution is 6.23. The third-order valence-electron chi connectivity index (χ3n) is 10.0. The van der Waals surface area contributed by atoms with E-state index >= 15 is 0 Å². The number of hydrogen-bond acceptors (Lipinski definition) is 6. The minimum atomic E-state index is -0.335. The lowest BCUT2D eigenvalue weighted by Gasteiger charge is -2.14. The molecule has 6 heterocycles. The Bertz CT molecular complexity index is 3080. The van der Waals surface area contributed by atoms with Crippen molar-refractivity contribution in [3.63, 3.8) is 0 Å². The van der Waals surface area contributed by atoms with Gasteiger partial charge in [-0.15, -0.1) is 0 Å². The van der Waals surface area contributed by atoms with Crippen molar-refractivity contribution in [3.8, 4) is 34.2 Å². The summed E-state index contributed by atoms with van der Waals surface area (Å²) >= 11 is 0. The van der Waals surface area contributed by atoms with Crippen molar-refractivity contribution >= 4 is 65.7 Å². The maximum Gasteiger partial charge on any atom is 0.145 e. The largest absolute Gasteiger partial charge is 0.292 e. The molecule has 0 saturated heterocycles. The van der Waals surface area contributed by atoms with Crippen LogP contribution in [0.15, 0.2) is 146 Å². The fourth-order valence-corrected chi connectivity index (χ4v) is 7.72. The van der Waals surface area contributed by atoms with Crippen molar-refractivity contribution in [2.24, 2.45) is 0 Å². The molecule has 54 heavy (non-hydrogen) atoms. The van der Waals surface area contributed by atoms with Gasteiger partial charge < -0.3 is 0 Å². The van der Waals surface area contributed by atoms with Crippen molar-refractivity contribution in [1.29, 1.82) is 0 Å². The molecule has 0 bridgehead atoms. The lowest BCUT2D eigenvalue weighted by molar-refractivity contribution is 0.627. The summed E-state index contributed by atoms with van der Waals surface area (Å²) in [4.78, 5) is 29.6. The monoisotopic (exact) mass is 702 g/mol. The van der Waals surface area contributed by atoms with Crippen molar-refractivity contribution in [2.45, 2.75) is 0 Å². The van der Waals surface area contributed by atoms with E-state index in [4.69, 9.17) is 29.9 Å². The summed E-state index contributed by atoms with van der Waals surface area (Å²) in [6, 6.07) is 36.5. The Hall–Kier alpha value is -7.46. The highest BCUT2D eigenvalue weighted by Crippen LogP contribution is 2.41. The summed E-state index contributed by atoms with van der Waals surface area (Å²) in [5, 5.41) is 3.46. The molecule has 0 aliphatic heterocycles. The minimum Gasteiger partial charge on any atom is -0.292 e. The molecular formula is C44H24F2N8. The van der Waals surface area contributed by atoms with E-state index in [9.17, 15) is 8.78 Å². The second-order valence-corrected chi connectivity index (χ2v) is 13.1. The molecule has 254 valence electrons. The van der Waals surface area contributed by atoms with Gasteiger partial charge in [0.25, 0.3) is 0 Å². The predicted octanol–water partition coefficient (Wildman–Crippen LogP) is 10.2. The molecule has 0 fully saturated rings. The molecule has 10 heteroatoms. The van der Waals surface area contributed by atoms with Gasteiger partial charge in [-0.2, -0.15) is 0 Å². The minimum absolute atomic E-state index is 0.335. The van der Waals surface area contributed by atoms with E-state index in [-0.39, 0.29) is 11.6 Å². The van der Waals surface area contributed by atoms with Gasteiger partial charge in [0.05, 0.1) is 44.1 Å². The SMILES string of the molecule is Fc1ccc(-n2c(-c3cccc(-c4nc5c6cccnc6c6ncccc6c5n4-c4ccc(F)cc4)c3)nc3c4cccnc4c4ncccc4c32)cc1. The summed E-state index contributed by atoms with van der Waals surface area (Å²) in [6.45, 7) is 0. The Labute approximate surface area is 304 Å². The van der Waals surface area contributed by atoms with E-state index in [2.05, 4.69) is 15.2 Å². The van der Waals surface area contributed by atoms with Gasteiger partial charge in [0.1, 0.15) is 23.3 Å². The standard InChI is InChI=1S/C44H24F2N8/c45-27-12-16-29(17-13-27)53-41-33-10-4-22-49-37(33)35-31(8-2-20-47-35)39(41)51-43(53)25-6-1-7-26(24-25)44-52-40-32-9-3-21-48-36(32)38-34(11-5-23-50-38)42(40)54(44)30-18-14-28(46)15-19-30/h1-24H. The number of halogens is 2. The molecule has 0 unspecified atom stereocenters. The lowest BCUT2D eigenvalue weighted by atomic mass is 10.1. The van der Waals surface area contributed by atoms with Crippen molar-refractivity contribution < 1.29 is 8.78 Å². The predicted molar refractivity (Wildman–Crippen MR) is 208 cm³/mol. The van der Waals surface area contributed by atoms with Crippen LogP contribution in [0.5, 0.6) is 0 Å². The number of aromatic nitrogens is 8. The molecule has 0 aliphatic rings. The van der Waals surface area contributed by atoms with Crippen LogP contribution < -0.4 is 0 Å². The number of hydrogen-bond donors (Lipinski definition) is 0. The maximum absolute atomic E-state index is 14.4. The molecule has 0 spiro atoms. The number of rotatable bonds is 4. The Morgan fingerprint density at radius 3 is 1.15 bits per heavy atom. The first-order valence-corrected chi connectivity index (χ1v) is 17.3. The number of benzene rings is 5. The van der Waals surface area contributed by atoms with Gasteiger partial charge in [-0.3, -0.25) is 29.1 Å². The van der Waals surface area contributed by atoms with E-state index in [1.54, 1.807) is 49.1 Å². The zero-order valence-corrected chi connectivity index (χ0v) is 28.2. The van der Waals surface area contributed by atoms with Crippen LogP contribution in [0.3, 0.4) is 0 Å². The molecule has 5 aromatic carbocycles. The molecule has 0 aliphatic carbocycles. The van der Waals surface area contributed by atoms with Gasteiger partial charge in [0.2, 0.25) is 0 Å². The Kier molecular flexibility index (Phi) is 6.44. The zero-order valence-electron chi connectivity index (χ0n) is 28.2. The second kappa shape index (κ2) is 11.5. The van der Waals surface area contributed by atoms with Crippen LogP contribution in [0.4, 0.5) is 8.78 Å². The van der Waals surface area contributed by atoms with Crippen molar-refractivity contribution in [3.05, 3.63) is 158 Å². The van der Waals surface area contributed by atoms with Gasteiger partial charge in [0, 0.05) is 68.8 Å². The second-order valence-electron chi connectivity index (χ2n) is 13.1. The van der Waals surface area contributed by atoms with E-state index in [1.807, 2.05) is 66.7 Å². The quantitative estimate of drug-likeness (QED) is 0.170. The van der Waals surface area contributed by atoms with Gasteiger partial charge >= 0.3 is 0 Å². The molecule has 8 nitrogen and oxygen atoms in total. The number of pyridine rings is 4. The van der Waals surface area contributed by atoms with Gasteiger partial charge in [-0.05, 0) is 103 Å². The number of nitrogens with zero attached hydrogens (tertiary/aromatic N) is 8. The topological polar surface area (TPSA) is 87.2 Å². The summed E-state index contributed by atoms with van der Waals surface area (Å²) in [5.74, 6) is 0.624. The lowest BCUT2D eigenvalue weighted by Crippen LogP contribution is -2.00. The number of fused-ring (bicyclic) bond motifs is 12. The fraction of sp³-hybridized carbons (Fsp3) is 0. The average molecular weight is 703 g/mol. The summed E-state index contributed by atoms with van der Waals surface area (Å²) < 4.78 is 32.9. The van der Waals surface area contributed by atoms with Crippen LogP contribution in [0, 0.1) is 11.6 Å². The first-order chi connectivity index (χ1) is 26.6. The van der Waals surface area contributed by atoms with E-state index < -0.39 is 0 Å². The summed E-state index contributed by atoms with van der Waals surface area (Å²) in [6.07, 6.45) is 7.04. The van der Waals surface area contributed by atoms with Crippen LogP contribution in [-0.4, -0.2) is 39.0 Å². The maximum atomic E-state index is 14.4. The van der Waals surface area contributed by atoms with Crippen LogP contribution in [-0.2, 0) is 0 Å². The third-order valence-corrected chi connectivity index (χ3v) is 10.0. The van der Waals surface area contributed by atoms with E-state index in [0.29, 0.717) is 11.6 Å². The molecule has 11 aromatic rings. The van der Waals surface area contributed by atoms with Crippen LogP contribution in [0.2, 0.25) is 0 Å². The van der Waals surface area contributed by atoms with Crippen molar-refractivity contribution in [2.75, 3.05) is 0 Å². The summed E-state index contributed by atoms with van der Waals surface area (Å²) in [5.41, 5.74) is 9.26. The fourth-order valence-electron chi connectivity index (χ4n) is 7.72. The third kappa shape index (κ3) is 4.40. The smallest absolute Gasteiger partial charge is 0.145 e. The Morgan fingerprint density at radius 1 is 0.370 bits per heavy atom. The highest BCUT2D eigenvalue weighted by Gasteiger charge is 2.24. The molecular weight excluding hydrogens is 679 g/mol. The number of imidazole rings is 2. The van der Waals surface area contributed by atoms with E-state index in [0.717, 1.165) is 88.2 Å². The molecule has 0 N–H and O–H groups in total. The van der Waals surface area contributed by atoms with Gasteiger partial charge in [0.15, 0.2) is 0 Å². The van der Waals surface area contributed by atoms with E-state index in [1.165, 1.54) is 24.3 Å². The summed E-state index contributed by atoms with van der Waals surface area (Å²) in [7, 11) is 0. The van der Waals surface area contributed by atoms with Crippen LogP contribution in [0.25, 0.3) is 99.8 Å². The average Bonchev–Trinajstić information content (AvgIpc) is 3.83. The Balaban J connectivity index is 1.24.